The number of rotatable bonds is 5. The number of allylic oxidation sites excluding steroid dienone is 1. The molecule has 0 aromatic rings. The van der Waals surface area contributed by atoms with Crippen molar-refractivity contribution in [1.29, 1.82) is 0 Å². The summed E-state index contributed by atoms with van der Waals surface area (Å²) in [7, 11) is 4.24. The van der Waals surface area contributed by atoms with Crippen LogP contribution in [0, 0.1) is 0 Å². The molecule has 2 nitrogen and oxygen atoms in total. The van der Waals surface area contributed by atoms with Crippen molar-refractivity contribution in [3.8, 4) is 0 Å². The standard InChI is InChI=1S/C7H17N.C3H4O/c1-4-5-6-7-8(2)3;1-2-3-4/h4-7H2,1-3H3;2-3H,1H2. The van der Waals surface area contributed by atoms with E-state index < -0.39 is 0 Å². The summed E-state index contributed by atoms with van der Waals surface area (Å²) in [6, 6.07) is 0. The molecule has 0 atom stereocenters. The van der Waals surface area contributed by atoms with Crippen LogP contribution in [0.4, 0.5) is 0 Å². The average molecular weight is 171 g/mol. The molecule has 0 aliphatic heterocycles. The Balaban J connectivity index is 0. The van der Waals surface area contributed by atoms with Crippen molar-refractivity contribution in [2.24, 2.45) is 0 Å². The van der Waals surface area contributed by atoms with E-state index in [-0.39, 0.29) is 0 Å². The molecule has 0 spiro atoms. The molecule has 12 heavy (non-hydrogen) atoms. The maximum atomic E-state index is 9.06. The quantitative estimate of drug-likeness (QED) is 0.359. The summed E-state index contributed by atoms with van der Waals surface area (Å²) < 4.78 is 0. The van der Waals surface area contributed by atoms with Gasteiger partial charge in [-0.1, -0.05) is 26.3 Å². The van der Waals surface area contributed by atoms with Crippen molar-refractivity contribution < 1.29 is 4.79 Å². The number of unbranched alkanes of at least 4 members (excludes halogenated alkanes) is 2. The summed E-state index contributed by atoms with van der Waals surface area (Å²) in [5, 5.41) is 0. The number of hydrogen-bond donors (Lipinski definition) is 0. The molecular weight excluding hydrogens is 150 g/mol. The number of hydrogen-bond acceptors (Lipinski definition) is 2. The third kappa shape index (κ3) is 22.8. The van der Waals surface area contributed by atoms with Crippen molar-refractivity contribution in [2.45, 2.75) is 26.2 Å². The number of carbonyl (C=O) groups excluding carboxylic acids is 1. The van der Waals surface area contributed by atoms with E-state index >= 15 is 0 Å². The van der Waals surface area contributed by atoms with Crippen molar-refractivity contribution in [2.75, 3.05) is 20.6 Å². The number of aldehydes is 1. The predicted octanol–water partition coefficient (Wildman–Crippen LogP) is 2.11. The van der Waals surface area contributed by atoms with Gasteiger partial charge in [0, 0.05) is 0 Å². The first-order chi connectivity index (χ1) is 5.68. The minimum absolute atomic E-state index is 0.639. The summed E-state index contributed by atoms with van der Waals surface area (Å²) in [5.41, 5.74) is 0. The second-order valence-corrected chi connectivity index (χ2v) is 2.88. The van der Waals surface area contributed by atoms with E-state index in [9.17, 15) is 0 Å². The minimum Gasteiger partial charge on any atom is -0.309 e. The molecule has 0 aromatic carbocycles. The zero-order chi connectivity index (χ0) is 9.82. The molecule has 0 rings (SSSR count). The zero-order valence-electron chi connectivity index (χ0n) is 8.55. The molecule has 0 unspecified atom stereocenters. The molecule has 0 heterocycles. The fourth-order valence-electron chi connectivity index (χ4n) is 0.678. The van der Waals surface area contributed by atoms with Gasteiger partial charge in [0.2, 0.25) is 0 Å². The van der Waals surface area contributed by atoms with Gasteiger partial charge in [-0.05, 0) is 33.1 Å². The highest BCUT2D eigenvalue weighted by molar-refractivity contribution is 5.63. The third-order valence-electron chi connectivity index (χ3n) is 1.31. The van der Waals surface area contributed by atoms with Crippen LogP contribution in [0.1, 0.15) is 26.2 Å². The molecule has 0 amide bonds. The highest BCUT2D eigenvalue weighted by Gasteiger charge is 1.86. The van der Waals surface area contributed by atoms with Gasteiger partial charge in [-0.25, -0.2) is 0 Å². The van der Waals surface area contributed by atoms with Crippen LogP contribution in [0.15, 0.2) is 12.7 Å². The van der Waals surface area contributed by atoms with Gasteiger partial charge >= 0.3 is 0 Å². The van der Waals surface area contributed by atoms with E-state index in [2.05, 4.69) is 32.5 Å². The van der Waals surface area contributed by atoms with Crippen LogP contribution in [0.25, 0.3) is 0 Å². The fraction of sp³-hybridized carbons (Fsp3) is 0.700. The van der Waals surface area contributed by atoms with Gasteiger partial charge in [0.25, 0.3) is 0 Å². The maximum Gasteiger partial charge on any atom is 0.142 e. The highest BCUT2D eigenvalue weighted by atomic mass is 16.1. The van der Waals surface area contributed by atoms with Crippen LogP contribution in [-0.4, -0.2) is 31.8 Å². The van der Waals surface area contributed by atoms with Crippen LogP contribution < -0.4 is 0 Å². The zero-order valence-corrected chi connectivity index (χ0v) is 8.55. The number of carbonyl (C=O) groups is 1. The molecule has 0 aliphatic carbocycles. The van der Waals surface area contributed by atoms with Gasteiger partial charge < -0.3 is 4.90 Å². The molecule has 0 fully saturated rings. The van der Waals surface area contributed by atoms with Gasteiger partial charge in [0.15, 0.2) is 0 Å². The maximum absolute atomic E-state index is 9.06. The molecule has 0 saturated carbocycles. The molecule has 72 valence electrons. The lowest BCUT2D eigenvalue weighted by Crippen LogP contribution is -2.12. The minimum atomic E-state index is 0.639. The van der Waals surface area contributed by atoms with Gasteiger partial charge in [-0.15, -0.1) is 0 Å². The molecule has 0 radical (unpaired) electrons. The predicted molar refractivity (Wildman–Crippen MR) is 54.3 cm³/mol. The molecular formula is C10H21NO. The van der Waals surface area contributed by atoms with Gasteiger partial charge in [0.05, 0.1) is 0 Å². The molecule has 0 bridgehead atoms. The fourth-order valence-corrected chi connectivity index (χ4v) is 0.678. The monoisotopic (exact) mass is 171 g/mol. The SMILES string of the molecule is C=CC=O.CCCCCN(C)C. The van der Waals surface area contributed by atoms with Crippen molar-refractivity contribution >= 4 is 6.29 Å². The summed E-state index contributed by atoms with van der Waals surface area (Å²) in [6.07, 6.45) is 5.88. The van der Waals surface area contributed by atoms with Crippen LogP contribution in [0.2, 0.25) is 0 Å². The van der Waals surface area contributed by atoms with Crippen LogP contribution in [0.5, 0.6) is 0 Å². The third-order valence-corrected chi connectivity index (χ3v) is 1.31. The first-order valence-corrected chi connectivity index (χ1v) is 4.40. The highest BCUT2D eigenvalue weighted by Crippen LogP contribution is 1.93. The van der Waals surface area contributed by atoms with E-state index in [1.807, 2.05) is 0 Å². The molecule has 0 aromatic heterocycles. The lowest BCUT2D eigenvalue weighted by molar-refractivity contribution is -0.104. The van der Waals surface area contributed by atoms with Crippen LogP contribution >= 0.6 is 0 Å². The molecule has 0 saturated heterocycles. The first-order valence-electron chi connectivity index (χ1n) is 4.40. The second kappa shape index (κ2) is 13.0. The Kier molecular flexibility index (Phi) is 15.1. The normalized spacial score (nSPS) is 8.67. The summed E-state index contributed by atoms with van der Waals surface area (Å²) in [6.45, 7) is 6.59. The Labute approximate surface area is 76.3 Å². The Morgan fingerprint density at radius 1 is 1.33 bits per heavy atom. The Morgan fingerprint density at radius 3 is 2.08 bits per heavy atom. The Bertz CT molecular complexity index is 94.0. The van der Waals surface area contributed by atoms with Crippen LogP contribution in [0.3, 0.4) is 0 Å². The van der Waals surface area contributed by atoms with E-state index in [1.165, 1.54) is 31.9 Å². The second-order valence-electron chi connectivity index (χ2n) is 2.88. The molecule has 2 heteroatoms. The lowest BCUT2D eigenvalue weighted by Gasteiger charge is -2.06. The average Bonchev–Trinajstić information content (AvgIpc) is 2.05. The smallest absolute Gasteiger partial charge is 0.142 e. The van der Waals surface area contributed by atoms with Crippen molar-refractivity contribution in [1.82, 2.24) is 4.90 Å². The molecule has 0 aliphatic rings. The van der Waals surface area contributed by atoms with Crippen molar-refractivity contribution in [3.63, 3.8) is 0 Å². The Morgan fingerprint density at radius 2 is 1.83 bits per heavy atom. The molecule has 0 N–H and O–H groups in total. The number of nitrogens with zero attached hydrogens (tertiary/aromatic N) is 1. The summed E-state index contributed by atoms with van der Waals surface area (Å²) in [4.78, 5) is 11.3. The van der Waals surface area contributed by atoms with Gasteiger partial charge in [-0.2, -0.15) is 0 Å². The van der Waals surface area contributed by atoms with Crippen molar-refractivity contribution in [3.05, 3.63) is 12.7 Å². The lowest BCUT2D eigenvalue weighted by atomic mass is 10.2. The Hall–Kier alpha value is -0.630. The topological polar surface area (TPSA) is 20.3 Å². The first kappa shape index (κ1) is 13.9. The van der Waals surface area contributed by atoms with Crippen LogP contribution in [-0.2, 0) is 4.79 Å². The van der Waals surface area contributed by atoms with E-state index in [0.717, 1.165) is 0 Å². The largest absolute Gasteiger partial charge is 0.309 e. The van der Waals surface area contributed by atoms with E-state index in [0.29, 0.717) is 6.29 Å². The van der Waals surface area contributed by atoms with E-state index in [4.69, 9.17) is 4.79 Å². The van der Waals surface area contributed by atoms with E-state index in [1.54, 1.807) is 0 Å². The summed E-state index contributed by atoms with van der Waals surface area (Å²) in [5.74, 6) is 0. The summed E-state index contributed by atoms with van der Waals surface area (Å²) >= 11 is 0. The van der Waals surface area contributed by atoms with Gasteiger partial charge in [-0.3, -0.25) is 4.79 Å². The van der Waals surface area contributed by atoms with Gasteiger partial charge in [0.1, 0.15) is 6.29 Å².